The number of halogens is 2. The van der Waals surface area contributed by atoms with E-state index in [1.54, 1.807) is 23.1 Å². The van der Waals surface area contributed by atoms with Crippen LogP contribution in [0.3, 0.4) is 0 Å². The van der Waals surface area contributed by atoms with E-state index in [1.807, 2.05) is 12.1 Å². The summed E-state index contributed by atoms with van der Waals surface area (Å²) in [6.07, 6.45) is 6.43. The van der Waals surface area contributed by atoms with E-state index in [0.29, 0.717) is 48.1 Å². The quantitative estimate of drug-likeness (QED) is 0.163. The predicted molar refractivity (Wildman–Crippen MR) is 236 cm³/mol. The highest BCUT2D eigenvalue weighted by Gasteiger charge is 2.39. The van der Waals surface area contributed by atoms with Crippen LogP contribution in [-0.2, 0) is 36.4 Å². The van der Waals surface area contributed by atoms with Gasteiger partial charge in [0.1, 0.15) is 35.1 Å². The molecule has 0 saturated carbocycles. The minimum absolute atomic E-state index is 0.0215. The van der Waals surface area contributed by atoms with Crippen molar-refractivity contribution in [2.75, 3.05) is 71.0 Å². The molecule has 4 aliphatic heterocycles. The topological polar surface area (TPSA) is 170 Å². The molecule has 6 heterocycles. The van der Waals surface area contributed by atoms with Gasteiger partial charge in [0.05, 0.1) is 41.9 Å². The van der Waals surface area contributed by atoms with E-state index in [-0.39, 0.29) is 47.7 Å². The Morgan fingerprint density at radius 1 is 0.922 bits per heavy atom. The normalized spacial score (nSPS) is 19.6. The second-order valence-electron chi connectivity index (χ2n) is 16.6. The number of benzene rings is 2. The third-order valence-electron chi connectivity index (χ3n) is 12.0. The van der Waals surface area contributed by atoms with Crippen molar-refractivity contribution in [2.24, 2.45) is 4.36 Å². The maximum absolute atomic E-state index is 14.8. The smallest absolute Gasteiger partial charge is 0.267 e. The van der Waals surface area contributed by atoms with Gasteiger partial charge in [0.2, 0.25) is 11.8 Å². The molecule has 0 aliphatic carbocycles. The Kier molecular flexibility index (Phi) is 13.4. The summed E-state index contributed by atoms with van der Waals surface area (Å²) in [7, 11) is -1.55. The van der Waals surface area contributed by atoms with E-state index < -0.39 is 39.2 Å². The molecule has 2 aromatic carbocycles. The van der Waals surface area contributed by atoms with Gasteiger partial charge in [0.25, 0.3) is 11.8 Å². The summed E-state index contributed by atoms with van der Waals surface area (Å²) in [6.45, 7) is 6.16. The molecule has 4 aromatic rings. The summed E-state index contributed by atoms with van der Waals surface area (Å²) < 4.78 is 51.6. The lowest BCUT2D eigenvalue weighted by atomic mass is 10.0. The number of imide groups is 1. The third-order valence-corrected chi connectivity index (χ3v) is 13.5. The van der Waals surface area contributed by atoms with Gasteiger partial charge in [-0.25, -0.2) is 23.0 Å². The zero-order chi connectivity index (χ0) is 45.0. The van der Waals surface area contributed by atoms with Crippen molar-refractivity contribution in [1.82, 2.24) is 34.9 Å². The monoisotopic (exact) mass is 893 g/mol. The molecular formula is C46H49F2N9O6S. The second-order valence-corrected chi connectivity index (χ2v) is 18.9. The summed E-state index contributed by atoms with van der Waals surface area (Å²) >= 11 is 0. The first-order valence-corrected chi connectivity index (χ1v) is 23.3. The molecule has 18 heteroatoms. The second kappa shape index (κ2) is 19.3. The molecule has 334 valence electrons. The highest BCUT2D eigenvalue weighted by molar-refractivity contribution is 7.92. The number of piperidine rings is 2. The van der Waals surface area contributed by atoms with Gasteiger partial charge >= 0.3 is 0 Å². The summed E-state index contributed by atoms with van der Waals surface area (Å²) in [5.41, 5.74) is 3.36. The van der Waals surface area contributed by atoms with E-state index in [2.05, 4.69) is 51.5 Å². The minimum Gasteiger partial charge on any atom is -0.496 e. The maximum atomic E-state index is 14.8. The van der Waals surface area contributed by atoms with Crippen LogP contribution in [0.25, 0.3) is 11.1 Å². The summed E-state index contributed by atoms with van der Waals surface area (Å²) in [5, 5.41) is 5.37. The van der Waals surface area contributed by atoms with Crippen LogP contribution in [0.5, 0.6) is 5.75 Å². The lowest BCUT2D eigenvalue weighted by molar-refractivity contribution is -0.137. The first kappa shape index (κ1) is 44.5. The Bertz CT molecular complexity index is 2660. The lowest BCUT2D eigenvalue weighted by Gasteiger charge is -2.42. The van der Waals surface area contributed by atoms with Crippen LogP contribution >= 0.6 is 0 Å². The number of hydrogen-bond donors (Lipinski definition) is 2. The number of aromatic nitrogens is 2. The van der Waals surface area contributed by atoms with Crippen LogP contribution in [-0.4, -0.2) is 135 Å². The number of ether oxygens (including phenoxy) is 1. The van der Waals surface area contributed by atoms with E-state index in [1.165, 1.54) is 43.8 Å². The summed E-state index contributed by atoms with van der Waals surface area (Å²) in [6, 6.07) is 13.9. The highest BCUT2D eigenvalue weighted by atomic mass is 32.2. The first-order chi connectivity index (χ1) is 30.8. The molecule has 3 saturated heterocycles. The Morgan fingerprint density at radius 2 is 1.69 bits per heavy atom. The highest BCUT2D eigenvalue weighted by Crippen LogP contribution is 2.34. The number of piperazine rings is 1. The number of amides is 4. The number of rotatable bonds is 11. The number of carbonyl (C=O) groups is 4. The molecule has 4 amide bonds. The molecule has 2 unspecified atom stereocenters. The first-order valence-electron chi connectivity index (χ1n) is 21.2. The van der Waals surface area contributed by atoms with Crippen molar-refractivity contribution in [3.05, 3.63) is 101 Å². The zero-order valence-electron chi connectivity index (χ0n) is 35.6. The van der Waals surface area contributed by atoms with Gasteiger partial charge in [0.15, 0.2) is 0 Å². The predicted octanol–water partition coefficient (Wildman–Crippen LogP) is 4.19. The number of fused-ring (bicyclic) bond motifs is 1. The van der Waals surface area contributed by atoms with Crippen molar-refractivity contribution in [3.63, 3.8) is 0 Å². The van der Waals surface area contributed by atoms with Gasteiger partial charge in [-0.2, -0.15) is 4.36 Å². The van der Waals surface area contributed by atoms with Crippen LogP contribution < -0.4 is 15.4 Å². The Morgan fingerprint density at radius 3 is 2.45 bits per heavy atom. The fourth-order valence-electron chi connectivity index (χ4n) is 8.78. The molecule has 4 aliphatic rings. The molecule has 0 spiro atoms. The standard InChI is InChI=1S/C46H49F2N9O6S/c1-63-40-24-33(47)6-8-36(40)37-25-42(50-26-38(37)48)51-41-23-31(11-14-49-41)29-64(2,62)53-44(59)28-55-16-12-34(13-17-55)56-20-18-54(19-21-56)15-3-4-30-5-7-35-32(22-30)27-57(46(35)61)39-9-10-43(58)52-45(39)60/h5-8,11,14,22-26,34,39H,9-10,12-13,15-21,27-29H2,1-2H3,(H,49,50,51)(H,52,58,60). The molecule has 0 bridgehead atoms. The number of anilines is 2. The zero-order valence-corrected chi connectivity index (χ0v) is 36.5. The van der Waals surface area contributed by atoms with Crippen molar-refractivity contribution in [3.8, 4) is 28.7 Å². The molecule has 15 nitrogen and oxygen atoms in total. The fraction of sp³-hybridized carbons (Fsp3) is 0.391. The number of nitrogens with zero attached hydrogens (tertiary/aromatic N) is 7. The van der Waals surface area contributed by atoms with Crippen LogP contribution in [0.4, 0.5) is 20.4 Å². The van der Waals surface area contributed by atoms with Crippen LogP contribution in [0.1, 0.15) is 52.7 Å². The van der Waals surface area contributed by atoms with Crippen molar-refractivity contribution in [1.29, 1.82) is 0 Å². The Labute approximate surface area is 370 Å². The van der Waals surface area contributed by atoms with Gasteiger partial charge in [0, 0.05) is 99.0 Å². The SMILES string of the molecule is COc1cc(F)ccc1-c1cc(Nc2cc(CS(C)(=O)=NC(=O)CN3CCC(N4CCN(CC#Cc5ccc6c(c5)CN(C5CCC(=O)NC5=O)C6=O)CC4)CC3)ccn2)ncc1F. The summed E-state index contributed by atoms with van der Waals surface area (Å²) in [5.74, 6) is 4.87. The minimum atomic E-state index is -2.93. The molecule has 2 aromatic heterocycles. The van der Waals surface area contributed by atoms with Crippen molar-refractivity contribution < 1.29 is 36.9 Å². The van der Waals surface area contributed by atoms with Gasteiger partial charge in [-0.1, -0.05) is 11.8 Å². The molecule has 8 rings (SSSR count). The summed E-state index contributed by atoms with van der Waals surface area (Å²) in [4.78, 5) is 66.9. The number of pyridine rings is 2. The van der Waals surface area contributed by atoms with Crippen LogP contribution in [0, 0.1) is 23.5 Å². The fourth-order valence-corrected chi connectivity index (χ4v) is 10.1. The molecule has 0 radical (unpaired) electrons. The van der Waals surface area contributed by atoms with Gasteiger partial charge < -0.3 is 15.0 Å². The van der Waals surface area contributed by atoms with E-state index in [9.17, 15) is 32.2 Å². The average molecular weight is 894 g/mol. The molecule has 2 N–H and O–H groups in total. The number of hydrogen-bond acceptors (Lipinski definition) is 12. The van der Waals surface area contributed by atoms with Crippen molar-refractivity contribution >= 4 is 45.0 Å². The molecule has 64 heavy (non-hydrogen) atoms. The van der Waals surface area contributed by atoms with Gasteiger partial charge in [-0.3, -0.25) is 39.2 Å². The molecule has 3 fully saturated rings. The molecular weight excluding hydrogens is 845 g/mol. The van der Waals surface area contributed by atoms with Crippen LogP contribution in [0.2, 0.25) is 0 Å². The Hall–Kier alpha value is -6.13. The third kappa shape index (κ3) is 10.6. The van der Waals surface area contributed by atoms with E-state index >= 15 is 0 Å². The Balaban J connectivity index is 0.770. The maximum Gasteiger partial charge on any atom is 0.267 e. The van der Waals surface area contributed by atoms with Crippen molar-refractivity contribution in [2.45, 2.75) is 50.1 Å². The van der Waals surface area contributed by atoms with E-state index in [0.717, 1.165) is 69.4 Å². The van der Waals surface area contributed by atoms with Crippen LogP contribution in [0.15, 0.2) is 71.4 Å². The average Bonchev–Trinajstić information content (AvgIpc) is 3.59. The number of likely N-dealkylation sites (tertiary alicyclic amines) is 1. The number of carbonyl (C=O) groups excluding carboxylic acids is 4. The van der Waals surface area contributed by atoms with Gasteiger partial charge in [-0.05, 0) is 78.9 Å². The lowest BCUT2D eigenvalue weighted by Crippen LogP contribution is -2.53. The van der Waals surface area contributed by atoms with Gasteiger partial charge in [-0.15, -0.1) is 0 Å². The van der Waals surface area contributed by atoms with E-state index in [4.69, 9.17) is 4.74 Å². The largest absolute Gasteiger partial charge is 0.496 e. The number of nitrogens with one attached hydrogen (secondary N) is 2. The molecule has 2 atom stereocenters. The number of methoxy groups -OCH3 is 1.